The van der Waals surface area contributed by atoms with E-state index < -0.39 is 16.0 Å². The number of nitrogens with zero attached hydrogens (tertiary/aromatic N) is 3. The molecule has 0 bridgehead atoms. The van der Waals surface area contributed by atoms with Gasteiger partial charge in [0, 0.05) is 25.1 Å². The number of carbonyl (C=O) groups is 1. The number of nitrogen functional groups attached to an aromatic ring is 1. The summed E-state index contributed by atoms with van der Waals surface area (Å²) >= 11 is 0. The average molecular weight is 540 g/mol. The molecule has 0 saturated heterocycles. The molecule has 3 N–H and O–H groups in total. The summed E-state index contributed by atoms with van der Waals surface area (Å²) in [7, 11) is -2.15. The van der Waals surface area contributed by atoms with Gasteiger partial charge in [-0.1, -0.05) is 37.1 Å². The van der Waals surface area contributed by atoms with Gasteiger partial charge in [-0.15, -0.1) is 0 Å². The molecule has 10 nitrogen and oxygen atoms in total. The van der Waals surface area contributed by atoms with E-state index in [1.54, 1.807) is 56.4 Å². The molecular formula is C27H33N5O5S. The fourth-order valence-electron chi connectivity index (χ4n) is 4.91. The first-order valence-corrected chi connectivity index (χ1v) is 14.3. The monoisotopic (exact) mass is 539 g/mol. The van der Waals surface area contributed by atoms with Crippen molar-refractivity contribution in [3.63, 3.8) is 0 Å². The Balaban J connectivity index is 1.71. The van der Waals surface area contributed by atoms with E-state index in [4.69, 9.17) is 15.9 Å². The van der Waals surface area contributed by atoms with Gasteiger partial charge in [-0.25, -0.2) is 13.4 Å². The molecule has 0 spiro atoms. The van der Waals surface area contributed by atoms with Crippen molar-refractivity contribution in [1.29, 1.82) is 5.41 Å². The Morgan fingerprint density at radius 3 is 2.50 bits per heavy atom. The van der Waals surface area contributed by atoms with Crippen molar-refractivity contribution in [2.75, 3.05) is 16.7 Å². The maximum atomic E-state index is 13.5. The number of carbonyl (C=O) groups excluding carboxylic acids is 1. The Morgan fingerprint density at radius 1 is 1.18 bits per heavy atom. The molecule has 4 rings (SSSR count). The maximum Gasteiger partial charge on any atom is 0.306 e. The molecule has 0 atom stereocenters. The zero-order chi connectivity index (χ0) is 27.4. The lowest BCUT2D eigenvalue weighted by molar-refractivity contribution is -0.142. The minimum absolute atomic E-state index is 0.0344. The third-order valence-corrected chi connectivity index (χ3v) is 8.67. The second kappa shape index (κ2) is 11.3. The Labute approximate surface area is 222 Å². The van der Waals surface area contributed by atoms with Crippen LogP contribution in [0.4, 0.5) is 5.69 Å². The van der Waals surface area contributed by atoms with Crippen LogP contribution in [0.2, 0.25) is 0 Å². The molecule has 1 aromatic heterocycles. The Hall–Kier alpha value is -3.73. The summed E-state index contributed by atoms with van der Waals surface area (Å²) in [5, 5.41) is 7.55. The van der Waals surface area contributed by atoms with Gasteiger partial charge in [0.1, 0.15) is 11.5 Å². The van der Waals surface area contributed by atoms with E-state index in [0.29, 0.717) is 28.0 Å². The molecule has 202 valence electrons. The summed E-state index contributed by atoms with van der Waals surface area (Å²) in [4.78, 5) is 29.6. The van der Waals surface area contributed by atoms with Gasteiger partial charge in [0.2, 0.25) is 10.0 Å². The van der Waals surface area contributed by atoms with E-state index in [-0.39, 0.29) is 42.6 Å². The van der Waals surface area contributed by atoms with Gasteiger partial charge >= 0.3 is 5.97 Å². The molecule has 1 fully saturated rings. The van der Waals surface area contributed by atoms with Gasteiger partial charge in [-0.05, 0) is 43.5 Å². The zero-order valence-corrected chi connectivity index (χ0v) is 22.5. The number of aromatic nitrogens is 2. The molecule has 0 amide bonds. The van der Waals surface area contributed by atoms with E-state index in [9.17, 15) is 18.0 Å². The number of fused-ring (bicyclic) bond motifs is 1. The maximum absolute atomic E-state index is 13.5. The Morgan fingerprint density at radius 2 is 1.87 bits per heavy atom. The van der Waals surface area contributed by atoms with E-state index in [1.807, 2.05) is 0 Å². The van der Waals surface area contributed by atoms with Gasteiger partial charge in [0.15, 0.2) is 0 Å². The fraction of sp³-hybridized carbons (Fsp3) is 0.407. The summed E-state index contributed by atoms with van der Waals surface area (Å²) in [6.45, 7) is 1.88. The first-order chi connectivity index (χ1) is 18.1. The molecule has 0 aliphatic heterocycles. The van der Waals surface area contributed by atoms with Gasteiger partial charge < -0.3 is 15.0 Å². The van der Waals surface area contributed by atoms with Crippen LogP contribution in [0.3, 0.4) is 0 Å². The molecule has 2 aromatic carbocycles. The van der Waals surface area contributed by atoms with Crippen molar-refractivity contribution in [2.24, 2.45) is 12.8 Å². The highest BCUT2D eigenvalue weighted by Gasteiger charge is 2.33. The summed E-state index contributed by atoms with van der Waals surface area (Å²) < 4.78 is 34.9. The molecular weight excluding hydrogens is 506 g/mol. The van der Waals surface area contributed by atoms with Gasteiger partial charge in [-0.3, -0.25) is 19.3 Å². The standard InChI is InChI=1S/C27H33N5O5S/c1-3-37-25(33)14-15-38(35,36)32(20-6-4-5-7-20)21-12-13-24-22(17-21)30-23(27(34)31(24)2)16-18-8-10-19(11-9-18)26(28)29/h8-13,17,20H,3-7,14-16H2,1-2H3,(H3,28,29). The zero-order valence-electron chi connectivity index (χ0n) is 21.6. The number of ether oxygens (including phenoxy) is 1. The number of esters is 1. The summed E-state index contributed by atoms with van der Waals surface area (Å²) in [6.07, 6.45) is 3.39. The highest BCUT2D eigenvalue weighted by atomic mass is 32.2. The van der Waals surface area contributed by atoms with Crippen molar-refractivity contribution in [3.05, 3.63) is 69.6 Å². The number of rotatable bonds is 10. The van der Waals surface area contributed by atoms with Crippen molar-refractivity contribution in [3.8, 4) is 0 Å². The number of aryl methyl sites for hydroxylation is 1. The summed E-state index contributed by atoms with van der Waals surface area (Å²) in [5.74, 6) is -0.922. The van der Waals surface area contributed by atoms with Crippen LogP contribution in [-0.4, -0.2) is 48.2 Å². The van der Waals surface area contributed by atoms with E-state index in [0.717, 1.165) is 31.2 Å². The Kier molecular flexibility index (Phi) is 8.15. The summed E-state index contributed by atoms with van der Waals surface area (Å²) in [5.41, 5.74) is 8.60. The smallest absolute Gasteiger partial charge is 0.306 e. The van der Waals surface area contributed by atoms with Crippen LogP contribution in [0.15, 0.2) is 47.3 Å². The number of amidine groups is 1. The predicted molar refractivity (Wildman–Crippen MR) is 147 cm³/mol. The highest BCUT2D eigenvalue weighted by Crippen LogP contribution is 2.32. The van der Waals surface area contributed by atoms with Crippen LogP contribution < -0.4 is 15.6 Å². The van der Waals surface area contributed by atoms with Crippen molar-refractivity contribution >= 4 is 38.5 Å². The third kappa shape index (κ3) is 5.88. The molecule has 1 aliphatic rings. The van der Waals surface area contributed by atoms with Crippen LogP contribution in [0, 0.1) is 5.41 Å². The predicted octanol–water partition coefficient (Wildman–Crippen LogP) is 2.84. The normalized spacial score (nSPS) is 14.1. The second-order valence-electron chi connectivity index (χ2n) is 9.49. The van der Waals surface area contributed by atoms with Crippen molar-refractivity contribution < 1.29 is 17.9 Å². The second-order valence-corrected chi connectivity index (χ2v) is 11.5. The molecule has 3 aromatic rings. The molecule has 0 radical (unpaired) electrons. The minimum Gasteiger partial charge on any atom is -0.466 e. The van der Waals surface area contributed by atoms with Gasteiger partial charge in [0.25, 0.3) is 5.56 Å². The quantitative estimate of drug-likeness (QED) is 0.229. The van der Waals surface area contributed by atoms with Crippen LogP contribution in [0.1, 0.15) is 55.8 Å². The van der Waals surface area contributed by atoms with E-state index >= 15 is 0 Å². The van der Waals surface area contributed by atoms with E-state index in [2.05, 4.69) is 4.98 Å². The number of sulfonamides is 1. The van der Waals surface area contributed by atoms with Crippen LogP contribution >= 0.6 is 0 Å². The van der Waals surface area contributed by atoms with Gasteiger partial charge in [0.05, 0.1) is 35.5 Å². The number of hydrogen-bond donors (Lipinski definition) is 2. The van der Waals surface area contributed by atoms with Crippen molar-refractivity contribution in [2.45, 2.75) is 51.5 Å². The number of nitrogens with two attached hydrogens (primary N) is 1. The topological polar surface area (TPSA) is 148 Å². The first-order valence-electron chi connectivity index (χ1n) is 12.7. The lowest BCUT2D eigenvalue weighted by Crippen LogP contribution is -2.41. The SMILES string of the molecule is CCOC(=O)CCS(=O)(=O)N(c1ccc2c(c1)nc(Cc1ccc(C(=N)N)cc1)c(=O)n2C)C1CCCC1. The van der Waals surface area contributed by atoms with Crippen LogP contribution in [0.5, 0.6) is 0 Å². The van der Waals surface area contributed by atoms with Crippen LogP contribution in [-0.2, 0) is 33.0 Å². The Bertz CT molecular complexity index is 1510. The molecule has 0 unspecified atom stereocenters. The lowest BCUT2D eigenvalue weighted by Gasteiger charge is -2.30. The molecule has 1 aliphatic carbocycles. The summed E-state index contributed by atoms with van der Waals surface area (Å²) in [6, 6.07) is 12.0. The number of benzene rings is 2. The molecule has 38 heavy (non-hydrogen) atoms. The number of nitrogens with one attached hydrogen (secondary N) is 1. The molecule has 1 heterocycles. The number of hydrogen-bond acceptors (Lipinski definition) is 7. The first kappa shape index (κ1) is 27.3. The number of anilines is 1. The third-order valence-electron chi connectivity index (χ3n) is 6.84. The average Bonchev–Trinajstić information content (AvgIpc) is 3.40. The highest BCUT2D eigenvalue weighted by molar-refractivity contribution is 7.92. The largest absolute Gasteiger partial charge is 0.466 e. The molecule has 1 saturated carbocycles. The van der Waals surface area contributed by atoms with Crippen LogP contribution in [0.25, 0.3) is 11.0 Å². The minimum atomic E-state index is -3.82. The van der Waals surface area contributed by atoms with Crippen molar-refractivity contribution in [1.82, 2.24) is 9.55 Å². The molecule has 11 heteroatoms. The fourth-order valence-corrected chi connectivity index (χ4v) is 6.63. The van der Waals surface area contributed by atoms with Gasteiger partial charge in [-0.2, -0.15) is 0 Å². The van der Waals surface area contributed by atoms with E-state index in [1.165, 1.54) is 8.87 Å². The lowest BCUT2D eigenvalue weighted by atomic mass is 10.1.